The molecule has 2 aromatic carbocycles. The van der Waals surface area contributed by atoms with Crippen molar-refractivity contribution in [2.24, 2.45) is 0 Å². The number of amides is 1. The third kappa shape index (κ3) is 6.31. The van der Waals surface area contributed by atoms with Crippen molar-refractivity contribution in [2.45, 2.75) is 30.1 Å². The van der Waals surface area contributed by atoms with Gasteiger partial charge in [-0.15, -0.1) is 22.0 Å². The number of carbonyl (C=O) groups is 1. The number of halogens is 3. The molecule has 10 heteroatoms. The third-order valence-electron chi connectivity index (χ3n) is 4.09. The van der Waals surface area contributed by atoms with Crippen LogP contribution in [0.25, 0.3) is 0 Å². The minimum Gasteiger partial charge on any atom is -0.324 e. The lowest BCUT2D eigenvalue weighted by atomic mass is 10.2. The number of nitrogens with zero attached hydrogens (tertiary/aromatic N) is 3. The van der Waals surface area contributed by atoms with Crippen LogP contribution >= 0.6 is 58.3 Å². The second kappa shape index (κ2) is 11.3. The summed E-state index contributed by atoms with van der Waals surface area (Å²) in [6.07, 6.45) is 0. The van der Waals surface area contributed by atoms with Crippen molar-refractivity contribution >= 4 is 69.9 Å². The Morgan fingerprint density at radius 2 is 1.87 bits per heavy atom. The summed E-state index contributed by atoms with van der Waals surface area (Å²) in [5.74, 6) is 2.37. The van der Waals surface area contributed by atoms with Gasteiger partial charge in [-0.1, -0.05) is 64.8 Å². The van der Waals surface area contributed by atoms with Crippen LogP contribution in [0, 0.1) is 0 Å². The highest BCUT2D eigenvalue weighted by Gasteiger charge is 2.14. The maximum atomic E-state index is 12.3. The van der Waals surface area contributed by atoms with Crippen molar-refractivity contribution in [3.05, 3.63) is 68.9 Å². The number of hydrogen-bond donors (Lipinski definition) is 1. The largest absolute Gasteiger partial charge is 0.324 e. The fourth-order valence-corrected chi connectivity index (χ4v) is 5.15. The Bertz CT molecular complexity index is 1030. The number of benzene rings is 2. The van der Waals surface area contributed by atoms with E-state index in [0.717, 1.165) is 23.7 Å². The molecule has 0 bridgehead atoms. The number of hydrogen-bond acceptors (Lipinski definition) is 5. The van der Waals surface area contributed by atoms with E-state index in [2.05, 4.69) is 15.5 Å². The van der Waals surface area contributed by atoms with Gasteiger partial charge in [0.25, 0.3) is 0 Å². The Labute approximate surface area is 198 Å². The van der Waals surface area contributed by atoms with Gasteiger partial charge >= 0.3 is 0 Å². The highest BCUT2D eigenvalue weighted by molar-refractivity contribution is 7.99. The van der Waals surface area contributed by atoms with Crippen molar-refractivity contribution < 1.29 is 4.79 Å². The molecule has 1 amide bonds. The Morgan fingerprint density at radius 1 is 1.07 bits per heavy atom. The fourth-order valence-electron chi connectivity index (χ4n) is 2.62. The van der Waals surface area contributed by atoms with Gasteiger partial charge in [-0.2, -0.15) is 0 Å². The molecule has 30 heavy (non-hydrogen) atoms. The van der Waals surface area contributed by atoms with E-state index in [1.807, 2.05) is 35.8 Å². The highest BCUT2D eigenvalue weighted by atomic mass is 35.5. The Morgan fingerprint density at radius 3 is 2.60 bits per heavy atom. The summed E-state index contributed by atoms with van der Waals surface area (Å²) in [5.41, 5.74) is 1.62. The lowest BCUT2D eigenvalue weighted by Crippen LogP contribution is -2.15. The Hall–Kier alpha value is -1.38. The van der Waals surface area contributed by atoms with Crippen LogP contribution in [0.2, 0.25) is 15.1 Å². The normalized spacial score (nSPS) is 10.9. The predicted molar refractivity (Wildman–Crippen MR) is 128 cm³/mol. The Balaban J connectivity index is 1.54. The lowest BCUT2D eigenvalue weighted by Gasteiger charge is -2.09. The Kier molecular flexibility index (Phi) is 8.77. The number of rotatable bonds is 9. The van der Waals surface area contributed by atoms with Gasteiger partial charge in [-0.3, -0.25) is 4.79 Å². The molecule has 0 saturated heterocycles. The van der Waals surface area contributed by atoms with Gasteiger partial charge in [0.15, 0.2) is 5.16 Å². The van der Waals surface area contributed by atoms with Crippen LogP contribution in [0.1, 0.15) is 18.3 Å². The number of carbonyl (C=O) groups excluding carboxylic acids is 1. The maximum Gasteiger partial charge on any atom is 0.234 e. The second-order valence-electron chi connectivity index (χ2n) is 6.19. The summed E-state index contributed by atoms with van der Waals surface area (Å²) in [4.78, 5) is 12.3. The van der Waals surface area contributed by atoms with Crippen molar-refractivity contribution in [3.8, 4) is 0 Å². The zero-order valence-corrected chi connectivity index (χ0v) is 20.0. The van der Waals surface area contributed by atoms with Crippen LogP contribution < -0.4 is 5.32 Å². The van der Waals surface area contributed by atoms with Crippen molar-refractivity contribution in [1.82, 2.24) is 14.8 Å². The topological polar surface area (TPSA) is 59.8 Å². The van der Waals surface area contributed by atoms with Crippen molar-refractivity contribution in [1.29, 1.82) is 0 Å². The van der Waals surface area contributed by atoms with Crippen LogP contribution in [-0.4, -0.2) is 26.4 Å². The van der Waals surface area contributed by atoms with Gasteiger partial charge < -0.3 is 9.88 Å². The molecule has 1 aromatic heterocycles. The molecule has 0 saturated carbocycles. The summed E-state index contributed by atoms with van der Waals surface area (Å²) >= 11 is 21.3. The van der Waals surface area contributed by atoms with E-state index in [9.17, 15) is 4.79 Å². The smallest absolute Gasteiger partial charge is 0.234 e. The van der Waals surface area contributed by atoms with Gasteiger partial charge in [0.05, 0.1) is 22.2 Å². The number of nitrogens with one attached hydrogen (secondary N) is 1. The van der Waals surface area contributed by atoms with E-state index in [1.54, 1.807) is 30.0 Å². The summed E-state index contributed by atoms with van der Waals surface area (Å²) < 4.78 is 2.02. The first kappa shape index (κ1) is 23.3. The minimum atomic E-state index is -0.146. The molecule has 0 unspecified atom stereocenters. The molecule has 0 spiro atoms. The first-order chi connectivity index (χ1) is 14.5. The second-order valence-corrected chi connectivity index (χ2v) is 9.37. The molecular weight excluding hydrogens is 483 g/mol. The molecule has 0 aliphatic heterocycles. The molecule has 5 nitrogen and oxygen atoms in total. The standard InChI is InChI=1S/C20H19Cl3N4OS2/c1-2-27-18(11-29-10-13-7-8-14(21)9-16(13)23)25-26-20(27)30-12-19(28)24-17-6-4-3-5-15(17)22/h3-9H,2,10-12H2,1H3,(H,24,28). The van der Waals surface area contributed by atoms with E-state index < -0.39 is 0 Å². The van der Waals surface area contributed by atoms with Crippen molar-refractivity contribution in [3.63, 3.8) is 0 Å². The molecule has 0 radical (unpaired) electrons. The quantitative estimate of drug-likeness (QED) is 0.343. The van der Waals surface area contributed by atoms with E-state index in [1.165, 1.54) is 11.8 Å². The summed E-state index contributed by atoms with van der Waals surface area (Å²) in [6, 6.07) is 12.7. The lowest BCUT2D eigenvalue weighted by molar-refractivity contribution is -0.113. The molecular formula is C20H19Cl3N4OS2. The molecule has 0 atom stereocenters. The van der Waals surface area contributed by atoms with Gasteiger partial charge in [-0.25, -0.2) is 0 Å². The fraction of sp³-hybridized carbons (Fsp3) is 0.250. The van der Waals surface area contributed by atoms with Gasteiger partial charge in [0, 0.05) is 22.3 Å². The van der Waals surface area contributed by atoms with E-state index in [0.29, 0.717) is 31.7 Å². The van der Waals surface area contributed by atoms with Gasteiger partial charge in [0.1, 0.15) is 5.82 Å². The monoisotopic (exact) mass is 500 g/mol. The minimum absolute atomic E-state index is 0.146. The molecule has 1 heterocycles. The summed E-state index contributed by atoms with van der Waals surface area (Å²) in [5, 5.41) is 13.9. The van der Waals surface area contributed by atoms with E-state index in [4.69, 9.17) is 34.8 Å². The third-order valence-corrected chi connectivity index (χ3v) is 6.95. The van der Waals surface area contributed by atoms with Gasteiger partial charge in [-0.05, 0) is 36.8 Å². The maximum absolute atomic E-state index is 12.3. The van der Waals surface area contributed by atoms with Crippen LogP contribution in [0.5, 0.6) is 0 Å². The number of aromatic nitrogens is 3. The van der Waals surface area contributed by atoms with Crippen LogP contribution in [0.15, 0.2) is 47.6 Å². The first-order valence-electron chi connectivity index (χ1n) is 9.09. The van der Waals surface area contributed by atoms with Crippen LogP contribution in [0.4, 0.5) is 5.69 Å². The summed E-state index contributed by atoms with van der Waals surface area (Å²) in [6.45, 7) is 2.75. The molecule has 1 N–H and O–H groups in total. The van der Waals surface area contributed by atoms with Crippen LogP contribution in [0.3, 0.4) is 0 Å². The van der Waals surface area contributed by atoms with Crippen LogP contribution in [-0.2, 0) is 22.8 Å². The summed E-state index contributed by atoms with van der Waals surface area (Å²) in [7, 11) is 0. The number of para-hydroxylation sites is 1. The molecule has 0 fully saturated rings. The molecule has 3 rings (SSSR count). The van der Waals surface area contributed by atoms with Gasteiger partial charge in [0.2, 0.25) is 5.91 Å². The zero-order valence-electron chi connectivity index (χ0n) is 16.1. The number of thioether (sulfide) groups is 2. The average Bonchev–Trinajstić information content (AvgIpc) is 3.11. The number of anilines is 1. The van der Waals surface area contributed by atoms with E-state index >= 15 is 0 Å². The average molecular weight is 502 g/mol. The molecule has 0 aliphatic rings. The van der Waals surface area contributed by atoms with E-state index in [-0.39, 0.29) is 11.7 Å². The molecule has 158 valence electrons. The SMILES string of the molecule is CCn1c(CSCc2ccc(Cl)cc2Cl)nnc1SCC(=O)Nc1ccccc1Cl. The van der Waals surface area contributed by atoms with Crippen molar-refractivity contribution in [2.75, 3.05) is 11.1 Å². The predicted octanol–water partition coefficient (Wildman–Crippen LogP) is 6.42. The first-order valence-corrected chi connectivity index (χ1v) is 12.4. The zero-order chi connectivity index (χ0) is 21.5. The molecule has 0 aliphatic carbocycles. The molecule has 3 aromatic rings. The highest BCUT2D eigenvalue weighted by Crippen LogP contribution is 2.27.